The summed E-state index contributed by atoms with van der Waals surface area (Å²) in [6, 6.07) is 16.1. The Morgan fingerprint density at radius 2 is 1.63 bits per heavy atom. The van der Waals surface area contributed by atoms with Crippen LogP contribution in [0.5, 0.6) is 0 Å². The molecule has 0 atom stereocenters. The van der Waals surface area contributed by atoms with E-state index in [0.717, 1.165) is 16.9 Å². The van der Waals surface area contributed by atoms with Gasteiger partial charge in [-0.1, -0.05) is 18.2 Å². The molecule has 30 heavy (non-hydrogen) atoms. The molecule has 0 aliphatic carbocycles. The van der Waals surface area contributed by atoms with Gasteiger partial charge in [0.2, 0.25) is 5.91 Å². The number of hydrogen-bond donors (Lipinski definition) is 3. The second kappa shape index (κ2) is 9.33. The fourth-order valence-electron chi connectivity index (χ4n) is 2.40. The fraction of sp³-hybridized carbons (Fsp3) is 0.0500. The van der Waals surface area contributed by atoms with Gasteiger partial charge in [-0.2, -0.15) is 5.10 Å². The number of carbonyl (C=O) groups is 2. The zero-order valence-electron chi connectivity index (χ0n) is 15.8. The van der Waals surface area contributed by atoms with Gasteiger partial charge in [-0.05, 0) is 53.4 Å². The van der Waals surface area contributed by atoms with E-state index in [0.29, 0.717) is 16.9 Å². The Morgan fingerprint density at radius 1 is 0.967 bits per heavy atom. The van der Waals surface area contributed by atoms with Gasteiger partial charge in [-0.3, -0.25) is 14.3 Å². The van der Waals surface area contributed by atoms with Crippen molar-refractivity contribution in [3.8, 4) is 0 Å². The molecule has 0 unspecified atom stereocenters. The molecule has 0 radical (unpaired) electrons. The van der Waals surface area contributed by atoms with Crippen LogP contribution in [0.4, 0.5) is 11.4 Å². The first-order valence-corrected chi connectivity index (χ1v) is 11.1. The number of rotatable bonds is 7. The Kier molecular flexibility index (Phi) is 6.60. The second-order valence-corrected chi connectivity index (χ2v) is 8.97. The lowest BCUT2D eigenvalue weighted by Gasteiger charge is -2.07. The predicted molar refractivity (Wildman–Crippen MR) is 117 cm³/mol. The van der Waals surface area contributed by atoms with E-state index in [2.05, 4.69) is 20.6 Å². The molecule has 0 saturated carbocycles. The molecule has 1 aromatic heterocycles. The third-order valence-electron chi connectivity index (χ3n) is 3.77. The quantitative estimate of drug-likeness (QED) is 0.384. The number of sulfonamides is 1. The van der Waals surface area contributed by atoms with Crippen LogP contribution in [0, 0.1) is 0 Å². The molecule has 8 nitrogen and oxygen atoms in total. The molecule has 3 rings (SSSR count). The van der Waals surface area contributed by atoms with E-state index in [-0.39, 0.29) is 10.1 Å². The number of amides is 2. The lowest BCUT2D eigenvalue weighted by atomic mass is 10.2. The largest absolute Gasteiger partial charge is 0.326 e. The number of carbonyl (C=O) groups excluding carboxylic acids is 2. The van der Waals surface area contributed by atoms with Crippen LogP contribution in [0.25, 0.3) is 0 Å². The molecular formula is C20H18N4O4S2. The SMILES string of the molecule is CC(=O)Nc1ccc(/C=N\NC(=O)c2ccc(NS(=O)(=O)c3cccs3)cc2)cc1. The summed E-state index contributed by atoms with van der Waals surface area (Å²) in [6.45, 7) is 1.43. The maximum Gasteiger partial charge on any atom is 0.271 e. The van der Waals surface area contributed by atoms with Crippen molar-refractivity contribution >= 4 is 50.8 Å². The summed E-state index contributed by atoms with van der Waals surface area (Å²) in [5.74, 6) is -0.595. The number of hydrogen-bond acceptors (Lipinski definition) is 6. The topological polar surface area (TPSA) is 117 Å². The zero-order valence-corrected chi connectivity index (χ0v) is 17.5. The normalized spacial score (nSPS) is 11.2. The van der Waals surface area contributed by atoms with Crippen molar-refractivity contribution < 1.29 is 18.0 Å². The van der Waals surface area contributed by atoms with Crippen LogP contribution in [0.15, 0.2) is 75.4 Å². The molecule has 2 amide bonds. The van der Waals surface area contributed by atoms with Gasteiger partial charge in [0.25, 0.3) is 15.9 Å². The number of thiophene rings is 1. The molecule has 0 spiro atoms. The zero-order chi connectivity index (χ0) is 21.6. The van der Waals surface area contributed by atoms with Gasteiger partial charge in [-0.15, -0.1) is 11.3 Å². The molecular weight excluding hydrogens is 424 g/mol. The Labute approximate surface area is 177 Å². The molecule has 10 heteroatoms. The first-order chi connectivity index (χ1) is 14.3. The minimum absolute atomic E-state index is 0.158. The van der Waals surface area contributed by atoms with Crippen molar-refractivity contribution in [1.82, 2.24) is 5.43 Å². The highest BCUT2D eigenvalue weighted by Crippen LogP contribution is 2.20. The van der Waals surface area contributed by atoms with Gasteiger partial charge >= 0.3 is 0 Å². The summed E-state index contributed by atoms with van der Waals surface area (Å²) in [5.41, 5.74) is 4.49. The average molecular weight is 443 g/mol. The Balaban J connectivity index is 1.57. The maximum atomic E-state index is 12.2. The molecule has 0 saturated heterocycles. The van der Waals surface area contributed by atoms with E-state index in [1.807, 2.05) is 0 Å². The van der Waals surface area contributed by atoms with Crippen molar-refractivity contribution in [3.63, 3.8) is 0 Å². The van der Waals surface area contributed by atoms with Crippen molar-refractivity contribution in [2.45, 2.75) is 11.1 Å². The third-order valence-corrected chi connectivity index (χ3v) is 6.55. The summed E-state index contributed by atoms with van der Waals surface area (Å²) in [6.07, 6.45) is 1.47. The number of nitrogens with one attached hydrogen (secondary N) is 3. The number of nitrogens with zero attached hydrogens (tertiary/aromatic N) is 1. The lowest BCUT2D eigenvalue weighted by molar-refractivity contribution is -0.114. The number of benzene rings is 2. The Bertz CT molecular complexity index is 1150. The van der Waals surface area contributed by atoms with Crippen LogP contribution in [-0.4, -0.2) is 26.4 Å². The second-order valence-electron chi connectivity index (χ2n) is 6.12. The lowest BCUT2D eigenvalue weighted by Crippen LogP contribution is -2.17. The van der Waals surface area contributed by atoms with Crippen molar-refractivity contribution in [2.75, 3.05) is 10.0 Å². The van der Waals surface area contributed by atoms with Crippen LogP contribution < -0.4 is 15.5 Å². The molecule has 154 valence electrons. The molecule has 2 aromatic carbocycles. The predicted octanol–water partition coefficient (Wildman–Crippen LogP) is 3.27. The highest BCUT2D eigenvalue weighted by molar-refractivity contribution is 7.94. The first-order valence-electron chi connectivity index (χ1n) is 8.71. The summed E-state index contributed by atoms with van der Waals surface area (Å²) >= 11 is 1.12. The fourth-order valence-corrected chi connectivity index (χ4v) is 4.45. The molecule has 1 heterocycles. The summed E-state index contributed by atoms with van der Waals surface area (Å²) in [4.78, 5) is 23.2. The average Bonchev–Trinajstić information content (AvgIpc) is 3.25. The summed E-state index contributed by atoms with van der Waals surface area (Å²) in [7, 11) is -3.64. The van der Waals surface area contributed by atoms with E-state index in [4.69, 9.17) is 0 Å². The van der Waals surface area contributed by atoms with Gasteiger partial charge in [0.1, 0.15) is 4.21 Å². The van der Waals surface area contributed by atoms with Gasteiger partial charge in [0.05, 0.1) is 6.21 Å². The van der Waals surface area contributed by atoms with E-state index in [1.165, 1.54) is 43.5 Å². The monoisotopic (exact) mass is 442 g/mol. The summed E-state index contributed by atoms with van der Waals surface area (Å²) < 4.78 is 27.1. The highest BCUT2D eigenvalue weighted by atomic mass is 32.2. The first kappa shape index (κ1) is 21.2. The van der Waals surface area contributed by atoms with Crippen LogP contribution in [0.3, 0.4) is 0 Å². The smallest absolute Gasteiger partial charge is 0.271 e. The Morgan fingerprint density at radius 3 is 2.23 bits per heavy atom. The standard InChI is InChI=1S/C20H18N4O4S2/c1-14(25)22-17-8-4-15(5-9-17)13-21-23-20(26)16-6-10-18(11-7-16)24-30(27,28)19-3-2-12-29-19/h2-13,24H,1H3,(H,22,25)(H,23,26)/b21-13-. The molecule has 3 N–H and O–H groups in total. The van der Waals surface area contributed by atoms with E-state index in [1.54, 1.807) is 35.7 Å². The number of anilines is 2. The van der Waals surface area contributed by atoms with Crippen LogP contribution >= 0.6 is 11.3 Å². The van der Waals surface area contributed by atoms with Gasteiger partial charge in [0, 0.05) is 23.9 Å². The maximum absolute atomic E-state index is 12.2. The van der Waals surface area contributed by atoms with Crippen molar-refractivity contribution in [1.29, 1.82) is 0 Å². The van der Waals surface area contributed by atoms with Gasteiger partial charge < -0.3 is 5.32 Å². The van der Waals surface area contributed by atoms with Crippen LogP contribution in [0.1, 0.15) is 22.8 Å². The van der Waals surface area contributed by atoms with Crippen LogP contribution in [0.2, 0.25) is 0 Å². The summed E-state index contributed by atoms with van der Waals surface area (Å²) in [5, 5.41) is 8.24. The highest BCUT2D eigenvalue weighted by Gasteiger charge is 2.15. The minimum Gasteiger partial charge on any atom is -0.326 e. The molecule has 0 aliphatic rings. The molecule has 0 aliphatic heterocycles. The molecule has 0 bridgehead atoms. The van der Waals surface area contributed by atoms with Gasteiger partial charge in [-0.25, -0.2) is 13.8 Å². The van der Waals surface area contributed by atoms with E-state index >= 15 is 0 Å². The van der Waals surface area contributed by atoms with Crippen molar-refractivity contribution in [3.05, 3.63) is 77.2 Å². The molecule has 0 fully saturated rings. The number of hydrazone groups is 1. The van der Waals surface area contributed by atoms with Gasteiger partial charge in [0.15, 0.2) is 0 Å². The van der Waals surface area contributed by atoms with E-state index < -0.39 is 15.9 Å². The van der Waals surface area contributed by atoms with Crippen molar-refractivity contribution in [2.24, 2.45) is 5.10 Å². The minimum atomic E-state index is -3.64. The molecule has 3 aromatic rings. The van der Waals surface area contributed by atoms with E-state index in [9.17, 15) is 18.0 Å². The third kappa shape index (κ3) is 5.75. The Hall–Kier alpha value is -3.50. The van der Waals surface area contributed by atoms with Crippen LogP contribution in [-0.2, 0) is 14.8 Å².